The summed E-state index contributed by atoms with van der Waals surface area (Å²) in [5, 5.41) is 1.16. The number of H-pyrrole nitrogens is 1. The predicted octanol–water partition coefficient (Wildman–Crippen LogP) is 3.23. The number of aromatic nitrogens is 1. The third-order valence-electron chi connectivity index (χ3n) is 3.79. The van der Waals surface area contributed by atoms with Gasteiger partial charge in [0.15, 0.2) is 0 Å². The van der Waals surface area contributed by atoms with Crippen molar-refractivity contribution in [1.82, 2.24) is 4.98 Å². The van der Waals surface area contributed by atoms with Crippen LogP contribution in [0.4, 0.5) is 8.78 Å². The lowest BCUT2D eigenvalue weighted by Crippen LogP contribution is -2.58. The molecule has 1 fully saturated rings. The molecule has 3 N–H and O–H groups in total. The van der Waals surface area contributed by atoms with Crippen LogP contribution in [0, 0.1) is 0 Å². The molecular formula is C14H16F2N2. The van der Waals surface area contributed by atoms with Gasteiger partial charge in [-0.1, -0.05) is 18.2 Å². The zero-order valence-corrected chi connectivity index (χ0v) is 10.0. The highest BCUT2D eigenvalue weighted by atomic mass is 19.3. The van der Waals surface area contributed by atoms with Crippen molar-refractivity contribution in [1.29, 1.82) is 0 Å². The number of nitrogens with one attached hydrogen (secondary N) is 1. The first-order valence-electron chi connectivity index (χ1n) is 6.19. The molecule has 0 bridgehead atoms. The second kappa shape index (κ2) is 3.79. The summed E-state index contributed by atoms with van der Waals surface area (Å²) < 4.78 is 25.7. The zero-order valence-electron chi connectivity index (χ0n) is 10.0. The molecule has 0 amide bonds. The number of alkyl halides is 2. The Kier molecular flexibility index (Phi) is 2.45. The van der Waals surface area contributed by atoms with E-state index in [1.54, 1.807) is 0 Å². The van der Waals surface area contributed by atoms with Crippen LogP contribution in [0.1, 0.15) is 24.8 Å². The number of hydrogen-bond donors (Lipinski definition) is 2. The topological polar surface area (TPSA) is 41.8 Å². The van der Waals surface area contributed by atoms with Gasteiger partial charge in [0, 0.05) is 35.5 Å². The van der Waals surface area contributed by atoms with Crippen LogP contribution in [0.15, 0.2) is 30.5 Å². The number of hydrogen-bond acceptors (Lipinski definition) is 1. The minimum atomic E-state index is -2.55. The Labute approximate surface area is 104 Å². The highest BCUT2D eigenvalue weighted by Crippen LogP contribution is 2.46. The predicted molar refractivity (Wildman–Crippen MR) is 67.7 cm³/mol. The Hall–Kier alpha value is -1.42. The molecule has 2 aromatic rings. The lowest BCUT2D eigenvalue weighted by molar-refractivity contribution is -0.123. The van der Waals surface area contributed by atoms with Crippen molar-refractivity contribution in [2.75, 3.05) is 0 Å². The summed E-state index contributed by atoms with van der Waals surface area (Å²) >= 11 is 0. The van der Waals surface area contributed by atoms with E-state index in [2.05, 4.69) is 4.98 Å². The SMILES string of the molecule is NC1(CCc2c[nH]c3ccccc23)CC(F)(F)C1. The quantitative estimate of drug-likeness (QED) is 0.862. The Morgan fingerprint density at radius 1 is 1.22 bits per heavy atom. The van der Waals surface area contributed by atoms with E-state index in [0.29, 0.717) is 6.42 Å². The number of halogens is 2. The normalized spacial score (nSPS) is 20.8. The molecule has 0 atom stereocenters. The summed E-state index contributed by atoms with van der Waals surface area (Å²) in [6, 6.07) is 8.00. The summed E-state index contributed by atoms with van der Waals surface area (Å²) in [6.45, 7) is 0. The molecule has 1 aromatic carbocycles. The number of fused-ring (bicyclic) bond motifs is 1. The van der Waals surface area contributed by atoms with Gasteiger partial charge in [0.2, 0.25) is 0 Å². The molecule has 0 saturated heterocycles. The third-order valence-corrected chi connectivity index (χ3v) is 3.79. The van der Waals surface area contributed by atoms with Crippen molar-refractivity contribution in [3.05, 3.63) is 36.0 Å². The van der Waals surface area contributed by atoms with Crippen LogP contribution in [0.25, 0.3) is 10.9 Å². The van der Waals surface area contributed by atoms with E-state index in [9.17, 15) is 8.78 Å². The van der Waals surface area contributed by atoms with Gasteiger partial charge in [0.25, 0.3) is 5.92 Å². The lowest BCUT2D eigenvalue weighted by Gasteiger charge is -2.44. The molecule has 0 radical (unpaired) electrons. The molecule has 3 rings (SSSR count). The van der Waals surface area contributed by atoms with E-state index in [1.165, 1.54) is 0 Å². The van der Waals surface area contributed by atoms with Crippen LogP contribution in [0.2, 0.25) is 0 Å². The molecule has 4 heteroatoms. The van der Waals surface area contributed by atoms with E-state index >= 15 is 0 Å². The first-order chi connectivity index (χ1) is 8.48. The molecule has 1 aliphatic rings. The largest absolute Gasteiger partial charge is 0.361 e. The maximum atomic E-state index is 12.9. The number of benzene rings is 1. The van der Waals surface area contributed by atoms with Gasteiger partial charge in [-0.25, -0.2) is 8.78 Å². The zero-order chi connectivity index (χ0) is 12.8. The number of para-hydroxylation sites is 1. The average Bonchev–Trinajstić information content (AvgIpc) is 2.67. The van der Waals surface area contributed by atoms with Crippen molar-refractivity contribution >= 4 is 10.9 Å². The Morgan fingerprint density at radius 2 is 1.94 bits per heavy atom. The average molecular weight is 250 g/mol. The minimum absolute atomic E-state index is 0.178. The van der Waals surface area contributed by atoms with Gasteiger partial charge in [-0.3, -0.25) is 0 Å². The van der Waals surface area contributed by atoms with E-state index < -0.39 is 11.5 Å². The lowest BCUT2D eigenvalue weighted by atomic mass is 9.71. The van der Waals surface area contributed by atoms with Gasteiger partial charge in [-0.05, 0) is 24.5 Å². The first kappa shape index (κ1) is 11.7. The Morgan fingerprint density at radius 3 is 2.67 bits per heavy atom. The van der Waals surface area contributed by atoms with Gasteiger partial charge >= 0.3 is 0 Å². The molecule has 18 heavy (non-hydrogen) atoms. The van der Waals surface area contributed by atoms with Crippen molar-refractivity contribution < 1.29 is 8.78 Å². The van der Waals surface area contributed by atoms with Gasteiger partial charge in [0.1, 0.15) is 0 Å². The standard InChI is InChI=1S/C14H16F2N2/c15-14(16)8-13(17,9-14)6-5-10-7-18-12-4-2-1-3-11(10)12/h1-4,7,18H,5-6,8-9,17H2. The van der Waals surface area contributed by atoms with E-state index in [1.807, 2.05) is 30.5 Å². The molecule has 1 aliphatic carbocycles. The number of aryl methyl sites for hydroxylation is 1. The Balaban J connectivity index is 1.71. The van der Waals surface area contributed by atoms with Gasteiger partial charge in [-0.15, -0.1) is 0 Å². The maximum Gasteiger partial charge on any atom is 0.251 e. The smallest absolute Gasteiger partial charge is 0.251 e. The number of aromatic amines is 1. The Bertz CT molecular complexity index is 566. The van der Waals surface area contributed by atoms with Crippen molar-refractivity contribution in [2.45, 2.75) is 37.1 Å². The van der Waals surface area contributed by atoms with Crippen molar-refractivity contribution in [3.8, 4) is 0 Å². The van der Waals surface area contributed by atoms with Gasteiger partial charge in [0.05, 0.1) is 0 Å². The van der Waals surface area contributed by atoms with Crippen LogP contribution in [0.5, 0.6) is 0 Å². The molecule has 0 spiro atoms. The molecular weight excluding hydrogens is 234 g/mol. The van der Waals surface area contributed by atoms with Crippen molar-refractivity contribution in [3.63, 3.8) is 0 Å². The fraction of sp³-hybridized carbons (Fsp3) is 0.429. The fourth-order valence-corrected chi connectivity index (χ4v) is 2.88. The highest BCUT2D eigenvalue weighted by molar-refractivity contribution is 5.83. The summed E-state index contributed by atoms with van der Waals surface area (Å²) in [6.07, 6.45) is 2.95. The molecule has 2 nitrogen and oxygen atoms in total. The first-order valence-corrected chi connectivity index (χ1v) is 6.19. The van der Waals surface area contributed by atoms with E-state index in [4.69, 9.17) is 5.73 Å². The van der Waals surface area contributed by atoms with Crippen LogP contribution in [0.3, 0.4) is 0 Å². The molecule has 1 heterocycles. The third kappa shape index (κ3) is 2.01. The summed E-state index contributed by atoms with van der Waals surface area (Å²) in [7, 11) is 0. The number of nitrogens with two attached hydrogens (primary N) is 1. The summed E-state index contributed by atoms with van der Waals surface area (Å²) in [5.74, 6) is -2.55. The van der Waals surface area contributed by atoms with Crippen LogP contribution in [-0.4, -0.2) is 16.4 Å². The van der Waals surface area contributed by atoms with Crippen molar-refractivity contribution in [2.24, 2.45) is 5.73 Å². The maximum absolute atomic E-state index is 12.9. The van der Waals surface area contributed by atoms with E-state index in [0.717, 1.165) is 22.9 Å². The molecule has 96 valence electrons. The monoisotopic (exact) mass is 250 g/mol. The fourth-order valence-electron chi connectivity index (χ4n) is 2.88. The molecule has 1 aromatic heterocycles. The molecule has 0 unspecified atom stereocenters. The van der Waals surface area contributed by atoms with Crippen LogP contribution in [-0.2, 0) is 6.42 Å². The second-order valence-corrected chi connectivity index (χ2v) is 5.43. The van der Waals surface area contributed by atoms with Gasteiger partial charge in [-0.2, -0.15) is 0 Å². The highest BCUT2D eigenvalue weighted by Gasteiger charge is 2.53. The van der Waals surface area contributed by atoms with Gasteiger partial charge < -0.3 is 10.7 Å². The van der Waals surface area contributed by atoms with E-state index in [-0.39, 0.29) is 12.8 Å². The summed E-state index contributed by atoms with van der Waals surface area (Å²) in [5.41, 5.74) is 7.51. The van der Waals surface area contributed by atoms with Crippen LogP contribution >= 0.6 is 0 Å². The molecule has 1 saturated carbocycles. The number of rotatable bonds is 3. The minimum Gasteiger partial charge on any atom is -0.361 e. The molecule has 0 aliphatic heterocycles. The second-order valence-electron chi connectivity index (χ2n) is 5.43. The van der Waals surface area contributed by atoms with Crippen LogP contribution < -0.4 is 5.73 Å². The summed E-state index contributed by atoms with van der Waals surface area (Å²) in [4.78, 5) is 3.19.